The molecule has 1 aliphatic rings. The first-order valence-corrected chi connectivity index (χ1v) is 5.06. The summed E-state index contributed by atoms with van der Waals surface area (Å²) in [6.07, 6.45) is -6.60. The van der Waals surface area contributed by atoms with Gasteiger partial charge >= 0.3 is 6.18 Å². The first-order chi connectivity index (χ1) is 8.29. The second-order valence-corrected chi connectivity index (χ2v) is 3.98. The minimum atomic E-state index is -4.85. The maximum Gasteiger partial charge on any atom is 0.436 e. The summed E-state index contributed by atoms with van der Waals surface area (Å²) in [7, 11) is 0. The van der Waals surface area contributed by atoms with Gasteiger partial charge in [0.05, 0.1) is 4.92 Å². The van der Waals surface area contributed by atoms with E-state index in [4.69, 9.17) is 11.6 Å². The van der Waals surface area contributed by atoms with Gasteiger partial charge in [0.2, 0.25) is 0 Å². The summed E-state index contributed by atoms with van der Waals surface area (Å²) in [6.45, 7) is 0. The van der Waals surface area contributed by atoms with Crippen molar-refractivity contribution in [1.82, 2.24) is 0 Å². The average Bonchev–Trinajstić information content (AvgIpc) is 2.25. The average molecular weight is 280 g/mol. The minimum Gasteiger partial charge on any atom is -0.469 e. The van der Waals surface area contributed by atoms with Crippen LogP contribution in [-0.2, 0) is 0 Å². The SMILES string of the molecule is O=[N+]([O-])C1=Cc2cc(Cl)ccc2OC1C(F)(F)F. The third kappa shape index (κ3) is 2.26. The predicted octanol–water partition coefficient (Wildman–Crippen LogP) is 3.28. The van der Waals surface area contributed by atoms with Gasteiger partial charge in [-0.05, 0) is 18.2 Å². The van der Waals surface area contributed by atoms with Gasteiger partial charge in [-0.15, -0.1) is 0 Å². The number of fused-ring (bicyclic) bond motifs is 1. The molecule has 18 heavy (non-hydrogen) atoms. The van der Waals surface area contributed by atoms with Crippen LogP contribution in [0.25, 0.3) is 6.08 Å². The van der Waals surface area contributed by atoms with Crippen LogP contribution in [0.15, 0.2) is 23.9 Å². The molecule has 0 N–H and O–H groups in total. The van der Waals surface area contributed by atoms with Gasteiger partial charge < -0.3 is 4.74 Å². The van der Waals surface area contributed by atoms with E-state index in [9.17, 15) is 23.3 Å². The van der Waals surface area contributed by atoms with E-state index in [0.29, 0.717) is 0 Å². The zero-order chi connectivity index (χ0) is 13.5. The first kappa shape index (κ1) is 12.7. The van der Waals surface area contributed by atoms with E-state index in [1.54, 1.807) is 0 Å². The fourth-order valence-electron chi connectivity index (χ4n) is 1.54. The van der Waals surface area contributed by atoms with E-state index < -0.39 is 22.9 Å². The highest BCUT2D eigenvalue weighted by Gasteiger charge is 2.51. The van der Waals surface area contributed by atoms with Crippen LogP contribution in [0.5, 0.6) is 5.75 Å². The third-order valence-electron chi connectivity index (χ3n) is 2.30. The van der Waals surface area contributed by atoms with E-state index in [1.165, 1.54) is 18.2 Å². The fraction of sp³-hybridized carbons (Fsp3) is 0.200. The van der Waals surface area contributed by atoms with Crippen molar-refractivity contribution < 1.29 is 22.8 Å². The molecule has 8 heteroatoms. The molecule has 0 saturated heterocycles. The minimum absolute atomic E-state index is 0.0904. The Morgan fingerprint density at radius 1 is 1.39 bits per heavy atom. The Labute approximate surface area is 104 Å². The predicted molar refractivity (Wildman–Crippen MR) is 56.9 cm³/mol. The molecule has 1 aromatic carbocycles. The van der Waals surface area contributed by atoms with Gasteiger partial charge in [0.1, 0.15) is 5.75 Å². The highest BCUT2D eigenvalue weighted by molar-refractivity contribution is 6.30. The summed E-state index contributed by atoms with van der Waals surface area (Å²) in [4.78, 5) is 9.52. The molecule has 1 unspecified atom stereocenters. The number of alkyl halides is 3. The lowest BCUT2D eigenvalue weighted by atomic mass is 10.1. The largest absolute Gasteiger partial charge is 0.469 e. The number of ether oxygens (including phenoxy) is 1. The number of hydrogen-bond acceptors (Lipinski definition) is 3. The second-order valence-electron chi connectivity index (χ2n) is 3.55. The van der Waals surface area contributed by atoms with Crippen molar-refractivity contribution >= 4 is 17.7 Å². The molecule has 0 fully saturated rings. The number of nitrogens with zero attached hydrogens (tertiary/aromatic N) is 1. The van der Waals surface area contributed by atoms with E-state index in [1.807, 2.05) is 0 Å². The number of halogens is 4. The van der Waals surface area contributed by atoms with Crippen LogP contribution >= 0.6 is 11.6 Å². The number of benzene rings is 1. The maximum absolute atomic E-state index is 12.6. The van der Waals surface area contributed by atoms with E-state index >= 15 is 0 Å². The van der Waals surface area contributed by atoms with Gasteiger partial charge in [0.25, 0.3) is 11.8 Å². The molecule has 1 heterocycles. The quantitative estimate of drug-likeness (QED) is 0.585. The molecule has 0 spiro atoms. The van der Waals surface area contributed by atoms with Gasteiger partial charge in [-0.1, -0.05) is 11.6 Å². The molecule has 0 saturated carbocycles. The van der Waals surface area contributed by atoms with Gasteiger partial charge in [-0.2, -0.15) is 13.2 Å². The number of nitro groups is 1. The lowest BCUT2D eigenvalue weighted by Crippen LogP contribution is -2.40. The van der Waals surface area contributed by atoms with Gasteiger partial charge in [-0.25, -0.2) is 0 Å². The molecule has 0 aliphatic carbocycles. The molecule has 1 atom stereocenters. The van der Waals surface area contributed by atoms with Crippen molar-refractivity contribution in [1.29, 1.82) is 0 Å². The Bertz CT molecular complexity index is 542. The molecule has 0 aromatic heterocycles. The van der Waals surface area contributed by atoms with Crippen LogP contribution in [0, 0.1) is 10.1 Å². The van der Waals surface area contributed by atoms with Crippen LogP contribution < -0.4 is 4.74 Å². The van der Waals surface area contributed by atoms with Crippen LogP contribution in [0.1, 0.15) is 5.56 Å². The third-order valence-corrected chi connectivity index (χ3v) is 2.53. The van der Waals surface area contributed by atoms with Gasteiger partial charge in [0.15, 0.2) is 0 Å². The lowest BCUT2D eigenvalue weighted by molar-refractivity contribution is -0.443. The number of hydrogen-bond donors (Lipinski definition) is 0. The van der Waals surface area contributed by atoms with Crippen molar-refractivity contribution in [3.63, 3.8) is 0 Å². The topological polar surface area (TPSA) is 52.4 Å². The Hall–Kier alpha value is -1.76. The summed E-state index contributed by atoms with van der Waals surface area (Å²) in [5.41, 5.74) is -0.910. The lowest BCUT2D eigenvalue weighted by Gasteiger charge is -2.24. The van der Waals surface area contributed by atoms with Crippen molar-refractivity contribution in [2.24, 2.45) is 0 Å². The second kappa shape index (κ2) is 4.16. The Morgan fingerprint density at radius 2 is 2.06 bits per heavy atom. The Kier molecular flexibility index (Phi) is 2.94. The van der Waals surface area contributed by atoms with Crippen LogP contribution in [0.3, 0.4) is 0 Å². The summed E-state index contributed by atoms with van der Waals surface area (Å²) >= 11 is 5.65. The Morgan fingerprint density at radius 3 is 2.61 bits per heavy atom. The van der Waals surface area contributed by atoms with Gasteiger partial charge in [0, 0.05) is 16.7 Å². The van der Waals surface area contributed by atoms with Crippen LogP contribution in [0.4, 0.5) is 13.2 Å². The zero-order valence-electron chi connectivity index (χ0n) is 8.57. The molecule has 0 bridgehead atoms. The molecule has 1 aromatic rings. The summed E-state index contributed by atoms with van der Waals surface area (Å²) in [6, 6.07) is 3.88. The molecular formula is C10H5ClF3NO3. The molecular weight excluding hydrogens is 275 g/mol. The van der Waals surface area contributed by atoms with Crippen molar-refractivity contribution in [2.75, 3.05) is 0 Å². The smallest absolute Gasteiger partial charge is 0.436 e. The van der Waals surface area contributed by atoms with Crippen LogP contribution in [0.2, 0.25) is 5.02 Å². The van der Waals surface area contributed by atoms with Crippen molar-refractivity contribution in [2.45, 2.75) is 12.3 Å². The maximum atomic E-state index is 12.6. The molecule has 2 rings (SSSR count). The van der Waals surface area contributed by atoms with Crippen molar-refractivity contribution in [3.8, 4) is 5.75 Å². The van der Waals surface area contributed by atoms with Crippen molar-refractivity contribution in [3.05, 3.63) is 44.6 Å². The summed E-state index contributed by atoms with van der Waals surface area (Å²) in [5.74, 6) is -0.0904. The molecule has 0 radical (unpaired) electrons. The highest BCUT2D eigenvalue weighted by Crippen LogP contribution is 2.38. The zero-order valence-corrected chi connectivity index (χ0v) is 9.33. The molecule has 4 nitrogen and oxygen atoms in total. The van der Waals surface area contributed by atoms with E-state index in [0.717, 1.165) is 6.08 Å². The highest BCUT2D eigenvalue weighted by atomic mass is 35.5. The molecule has 0 amide bonds. The van der Waals surface area contributed by atoms with E-state index in [2.05, 4.69) is 4.74 Å². The normalized spacial score (nSPS) is 18.7. The van der Waals surface area contributed by atoms with Gasteiger partial charge in [-0.3, -0.25) is 10.1 Å². The number of rotatable bonds is 1. The molecule has 1 aliphatic heterocycles. The Balaban J connectivity index is 2.53. The monoisotopic (exact) mass is 279 g/mol. The first-order valence-electron chi connectivity index (χ1n) is 4.68. The van der Waals surface area contributed by atoms with Crippen LogP contribution in [-0.4, -0.2) is 17.2 Å². The fourth-order valence-corrected chi connectivity index (χ4v) is 1.73. The standard InChI is InChI=1S/C10H5ClF3NO3/c11-6-1-2-8-5(3-6)4-7(15(16)17)9(18-8)10(12,13)14/h1-4,9H. The van der Waals surface area contributed by atoms with E-state index in [-0.39, 0.29) is 16.3 Å². The summed E-state index contributed by atoms with van der Waals surface area (Å²) < 4.78 is 42.5. The summed E-state index contributed by atoms with van der Waals surface area (Å²) in [5, 5.41) is 10.9. The molecule has 96 valence electrons.